The summed E-state index contributed by atoms with van der Waals surface area (Å²) in [5, 5.41) is 8.88. The number of hydrogen-bond donors (Lipinski definition) is 2. The van der Waals surface area contributed by atoms with Crippen LogP contribution in [0.3, 0.4) is 0 Å². The lowest BCUT2D eigenvalue weighted by molar-refractivity contribution is 0.171. The summed E-state index contributed by atoms with van der Waals surface area (Å²) in [5.41, 5.74) is 6.76. The quantitative estimate of drug-likeness (QED) is 0.793. The van der Waals surface area contributed by atoms with E-state index in [9.17, 15) is 0 Å². The van der Waals surface area contributed by atoms with Crippen LogP contribution in [-0.2, 0) is 0 Å². The molecule has 0 amide bonds. The second-order valence-electron chi connectivity index (χ2n) is 3.54. The zero-order valence-corrected chi connectivity index (χ0v) is 9.10. The fourth-order valence-corrected chi connectivity index (χ4v) is 1.76. The number of aliphatic hydroxyl groups excluding tert-OH is 1. The minimum Gasteiger partial charge on any atom is -0.492 e. The molecule has 0 bridgehead atoms. The van der Waals surface area contributed by atoms with E-state index in [-0.39, 0.29) is 19.4 Å². The van der Waals surface area contributed by atoms with Gasteiger partial charge in [-0.25, -0.2) is 0 Å². The highest BCUT2D eigenvalue weighted by molar-refractivity contribution is 5.57. The number of nitrogens with two attached hydrogens (primary N) is 1. The van der Waals surface area contributed by atoms with E-state index in [1.807, 2.05) is 6.07 Å². The molecule has 2 rings (SSSR count). The van der Waals surface area contributed by atoms with Gasteiger partial charge in [-0.2, -0.15) is 0 Å². The first-order valence-electron chi connectivity index (χ1n) is 5.11. The largest absolute Gasteiger partial charge is 0.492 e. The molecule has 1 aliphatic rings. The summed E-state index contributed by atoms with van der Waals surface area (Å²) in [6.45, 7) is 0.239. The summed E-state index contributed by atoms with van der Waals surface area (Å²) in [6, 6.07) is 3.37. The maximum Gasteiger partial charge on any atom is 0.231 e. The summed E-state index contributed by atoms with van der Waals surface area (Å²) >= 11 is 0. The highest BCUT2D eigenvalue weighted by atomic mass is 16.7. The second kappa shape index (κ2) is 4.59. The van der Waals surface area contributed by atoms with E-state index in [2.05, 4.69) is 0 Å². The van der Waals surface area contributed by atoms with E-state index in [1.165, 1.54) is 0 Å². The van der Waals surface area contributed by atoms with Gasteiger partial charge in [-0.1, -0.05) is 0 Å². The Balaban J connectivity index is 2.38. The zero-order chi connectivity index (χ0) is 11.5. The third kappa shape index (κ3) is 1.79. The molecule has 0 fully saturated rings. The van der Waals surface area contributed by atoms with E-state index >= 15 is 0 Å². The van der Waals surface area contributed by atoms with Gasteiger partial charge in [0.2, 0.25) is 12.5 Å². The molecule has 5 heteroatoms. The van der Waals surface area contributed by atoms with Crippen molar-refractivity contribution in [2.45, 2.75) is 12.5 Å². The average Bonchev–Trinajstić information content (AvgIpc) is 2.75. The number of benzene rings is 1. The van der Waals surface area contributed by atoms with Crippen LogP contribution in [0.4, 0.5) is 0 Å². The van der Waals surface area contributed by atoms with Crippen molar-refractivity contribution in [2.75, 3.05) is 20.5 Å². The molecule has 1 aromatic carbocycles. The van der Waals surface area contributed by atoms with Gasteiger partial charge < -0.3 is 25.1 Å². The molecular weight excluding hydrogens is 210 g/mol. The normalized spacial score (nSPS) is 14.9. The Kier molecular flexibility index (Phi) is 3.17. The fraction of sp³-hybridized carbons (Fsp3) is 0.455. The monoisotopic (exact) mass is 225 g/mol. The first-order chi connectivity index (χ1) is 7.77. The lowest BCUT2D eigenvalue weighted by Gasteiger charge is -2.16. The van der Waals surface area contributed by atoms with Gasteiger partial charge in [0, 0.05) is 18.2 Å². The molecule has 0 saturated heterocycles. The lowest BCUT2D eigenvalue weighted by Crippen LogP contribution is -2.13. The third-order valence-electron chi connectivity index (χ3n) is 2.57. The van der Waals surface area contributed by atoms with E-state index in [0.29, 0.717) is 23.7 Å². The number of methoxy groups -OCH3 is 1. The Morgan fingerprint density at radius 1 is 1.50 bits per heavy atom. The maximum absolute atomic E-state index is 8.88. The Labute approximate surface area is 93.7 Å². The summed E-state index contributed by atoms with van der Waals surface area (Å²) in [7, 11) is 1.56. The van der Waals surface area contributed by atoms with E-state index < -0.39 is 0 Å². The van der Waals surface area contributed by atoms with Gasteiger partial charge in [0.05, 0.1) is 7.11 Å². The minimum atomic E-state index is -0.269. The molecule has 5 nitrogen and oxygen atoms in total. The third-order valence-corrected chi connectivity index (χ3v) is 2.57. The molecule has 0 aromatic heterocycles. The van der Waals surface area contributed by atoms with Crippen LogP contribution in [0.2, 0.25) is 0 Å². The molecule has 0 aliphatic carbocycles. The Morgan fingerprint density at radius 2 is 2.31 bits per heavy atom. The molecule has 0 radical (unpaired) electrons. The van der Waals surface area contributed by atoms with Gasteiger partial charge in [-0.3, -0.25) is 0 Å². The molecule has 0 spiro atoms. The SMILES string of the molecule is COc1c(C(N)CCO)ccc2c1OCO2. The Morgan fingerprint density at radius 3 is 3.00 bits per heavy atom. The summed E-state index contributed by atoms with van der Waals surface area (Å²) in [4.78, 5) is 0. The molecule has 0 saturated carbocycles. The summed E-state index contributed by atoms with van der Waals surface area (Å²) in [5.74, 6) is 1.85. The Hall–Kier alpha value is -1.46. The standard InChI is InChI=1S/C11H15NO4/c1-14-10-7(8(12)4-5-13)2-3-9-11(10)16-6-15-9/h2-3,8,13H,4-6,12H2,1H3. The van der Waals surface area contributed by atoms with Gasteiger partial charge >= 0.3 is 0 Å². The van der Waals surface area contributed by atoms with Gasteiger partial charge in [0.1, 0.15) is 0 Å². The number of fused-ring (bicyclic) bond motifs is 1. The molecular formula is C11H15NO4. The minimum absolute atomic E-state index is 0.0404. The van der Waals surface area contributed by atoms with Crippen LogP contribution >= 0.6 is 0 Å². The Bertz CT molecular complexity index is 380. The molecule has 16 heavy (non-hydrogen) atoms. The number of hydrogen-bond acceptors (Lipinski definition) is 5. The first-order valence-corrected chi connectivity index (χ1v) is 5.11. The predicted octanol–water partition coefficient (Wildman–Crippen LogP) is 0.806. The van der Waals surface area contributed by atoms with Crippen LogP contribution in [0.15, 0.2) is 12.1 Å². The van der Waals surface area contributed by atoms with Crippen molar-refractivity contribution in [2.24, 2.45) is 5.73 Å². The van der Waals surface area contributed by atoms with E-state index in [1.54, 1.807) is 13.2 Å². The van der Waals surface area contributed by atoms with Crippen LogP contribution in [-0.4, -0.2) is 25.6 Å². The second-order valence-corrected chi connectivity index (χ2v) is 3.54. The van der Waals surface area contributed by atoms with Gasteiger partial charge in [0.15, 0.2) is 11.5 Å². The molecule has 1 unspecified atom stereocenters. The van der Waals surface area contributed by atoms with Crippen LogP contribution in [0.1, 0.15) is 18.0 Å². The van der Waals surface area contributed by atoms with Gasteiger partial charge in [-0.05, 0) is 18.6 Å². The first kappa shape index (κ1) is 11.0. The summed E-state index contributed by atoms with van der Waals surface area (Å²) in [6.07, 6.45) is 0.482. The predicted molar refractivity (Wildman–Crippen MR) is 57.7 cm³/mol. The van der Waals surface area contributed by atoms with Crippen LogP contribution in [0, 0.1) is 0 Å². The zero-order valence-electron chi connectivity index (χ0n) is 9.10. The topological polar surface area (TPSA) is 73.9 Å². The van der Waals surface area contributed by atoms with Crippen LogP contribution in [0.25, 0.3) is 0 Å². The average molecular weight is 225 g/mol. The molecule has 1 heterocycles. The van der Waals surface area contributed by atoms with Crippen molar-refractivity contribution in [3.8, 4) is 17.2 Å². The molecule has 1 aliphatic heterocycles. The van der Waals surface area contributed by atoms with E-state index in [0.717, 1.165) is 5.56 Å². The van der Waals surface area contributed by atoms with E-state index in [4.69, 9.17) is 25.1 Å². The summed E-state index contributed by atoms with van der Waals surface area (Å²) < 4.78 is 15.9. The highest BCUT2D eigenvalue weighted by Crippen LogP contribution is 2.44. The molecule has 88 valence electrons. The van der Waals surface area contributed by atoms with Crippen molar-refractivity contribution in [1.82, 2.24) is 0 Å². The smallest absolute Gasteiger partial charge is 0.231 e. The fourth-order valence-electron chi connectivity index (χ4n) is 1.76. The number of rotatable bonds is 4. The number of ether oxygens (including phenoxy) is 3. The molecule has 3 N–H and O–H groups in total. The van der Waals surface area contributed by atoms with Gasteiger partial charge in [-0.15, -0.1) is 0 Å². The van der Waals surface area contributed by atoms with Crippen molar-refractivity contribution in [1.29, 1.82) is 0 Å². The number of aliphatic hydroxyl groups is 1. The van der Waals surface area contributed by atoms with Crippen molar-refractivity contribution in [3.63, 3.8) is 0 Å². The van der Waals surface area contributed by atoms with Crippen molar-refractivity contribution in [3.05, 3.63) is 17.7 Å². The molecule has 1 aromatic rings. The van der Waals surface area contributed by atoms with Gasteiger partial charge in [0.25, 0.3) is 0 Å². The van der Waals surface area contributed by atoms with Crippen molar-refractivity contribution < 1.29 is 19.3 Å². The van der Waals surface area contributed by atoms with Crippen molar-refractivity contribution >= 4 is 0 Å². The highest BCUT2D eigenvalue weighted by Gasteiger charge is 2.23. The lowest BCUT2D eigenvalue weighted by atomic mass is 10.0. The maximum atomic E-state index is 8.88. The van der Waals surface area contributed by atoms with Crippen LogP contribution < -0.4 is 19.9 Å². The van der Waals surface area contributed by atoms with Crippen LogP contribution in [0.5, 0.6) is 17.2 Å². The molecule has 1 atom stereocenters.